The molecule has 136 valence electrons. The van der Waals surface area contributed by atoms with Crippen LogP contribution in [0.2, 0.25) is 5.02 Å². The van der Waals surface area contributed by atoms with Crippen molar-refractivity contribution in [3.63, 3.8) is 0 Å². The number of ether oxygens (including phenoxy) is 1. The second-order valence-electron chi connectivity index (χ2n) is 5.48. The first-order valence-electron chi connectivity index (χ1n) is 7.42. The number of nitrogens with zero attached hydrogens (tertiary/aromatic N) is 3. The zero-order valence-electron chi connectivity index (χ0n) is 13.2. The molecule has 1 N–H and O–H groups in total. The van der Waals surface area contributed by atoms with Crippen LogP contribution in [0.1, 0.15) is 32.0 Å². The van der Waals surface area contributed by atoms with E-state index in [1.807, 2.05) is 0 Å². The van der Waals surface area contributed by atoms with Gasteiger partial charge in [0.2, 0.25) is 5.88 Å². The summed E-state index contributed by atoms with van der Waals surface area (Å²) >= 11 is 5.97. The number of carbonyl (C=O) groups is 2. The maximum atomic E-state index is 12.4. The maximum Gasteiger partial charge on any atom is 0.354 e. The molecule has 3 heterocycles. The Bertz CT molecular complexity index is 879. The van der Waals surface area contributed by atoms with Crippen LogP contribution in [-0.2, 0) is 13.1 Å². The number of pyridine rings is 2. The Morgan fingerprint density at radius 1 is 1.42 bits per heavy atom. The lowest BCUT2D eigenvalue weighted by molar-refractivity contribution is 0.0685. The molecule has 0 atom stereocenters. The smallest absolute Gasteiger partial charge is 0.354 e. The molecule has 1 aliphatic rings. The van der Waals surface area contributed by atoms with E-state index in [2.05, 4.69) is 9.97 Å². The number of aromatic nitrogens is 2. The zero-order valence-corrected chi connectivity index (χ0v) is 13.9. The number of fused-ring (bicyclic) bond motifs is 1. The number of halogens is 3. The van der Waals surface area contributed by atoms with Crippen LogP contribution in [0.25, 0.3) is 0 Å². The molecule has 0 saturated carbocycles. The summed E-state index contributed by atoms with van der Waals surface area (Å²) in [5.74, 6) is -1.66. The summed E-state index contributed by atoms with van der Waals surface area (Å²) < 4.78 is 29.1. The predicted molar refractivity (Wildman–Crippen MR) is 85.5 cm³/mol. The third-order valence-corrected chi connectivity index (χ3v) is 3.98. The van der Waals surface area contributed by atoms with Gasteiger partial charge in [0.1, 0.15) is 5.02 Å². The average Bonchev–Trinajstić information content (AvgIpc) is 2.90. The van der Waals surface area contributed by atoms with Gasteiger partial charge in [-0.1, -0.05) is 11.6 Å². The number of alkyl halides is 2. The number of carboxylic acids is 1. The summed E-state index contributed by atoms with van der Waals surface area (Å²) in [6, 6.07) is 2.93. The molecule has 0 bridgehead atoms. The molecule has 10 heteroatoms. The van der Waals surface area contributed by atoms with Crippen molar-refractivity contribution in [3.05, 3.63) is 51.9 Å². The van der Waals surface area contributed by atoms with E-state index in [1.54, 1.807) is 0 Å². The number of carboxylic acid groups (broad SMARTS) is 1. The Balaban J connectivity index is 1.76. The fourth-order valence-electron chi connectivity index (χ4n) is 2.62. The van der Waals surface area contributed by atoms with Gasteiger partial charge in [-0.25, -0.2) is 23.5 Å². The molecular weight excluding hydrogens is 372 g/mol. The Labute approximate surface area is 151 Å². The highest BCUT2D eigenvalue weighted by Crippen LogP contribution is 2.28. The van der Waals surface area contributed by atoms with E-state index in [4.69, 9.17) is 16.3 Å². The number of carbonyl (C=O) groups excluding carboxylic acids is 1. The number of hydrogen-bond donors (Lipinski definition) is 1. The Hall–Kier alpha value is -2.81. The predicted octanol–water partition coefficient (Wildman–Crippen LogP) is 2.63. The first kappa shape index (κ1) is 18.0. The summed E-state index contributed by atoms with van der Waals surface area (Å²) in [5.41, 5.74) is 1.02. The molecule has 0 aromatic carbocycles. The van der Waals surface area contributed by atoms with Gasteiger partial charge in [-0.15, -0.1) is 0 Å². The minimum Gasteiger partial charge on any atom is -0.477 e. The minimum atomic E-state index is -2.65. The molecule has 2 aromatic heterocycles. The molecule has 0 saturated heterocycles. The Morgan fingerprint density at radius 3 is 2.85 bits per heavy atom. The van der Waals surface area contributed by atoms with E-state index in [-0.39, 0.29) is 41.2 Å². The van der Waals surface area contributed by atoms with Gasteiger partial charge in [-0.2, -0.15) is 0 Å². The van der Waals surface area contributed by atoms with Gasteiger partial charge in [0.25, 0.3) is 12.3 Å². The average molecular weight is 384 g/mol. The first-order valence-corrected chi connectivity index (χ1v) is 7.80. The molecule has 7 nitrogen and oxygen atoms in total. The number of hydrogen-bond acceptors (Lipinski definition) is 5. The molecule has 1 aliphatic heterocycles. The minimum absolute atomic E-state index is 0.0419. The maximum absolute atomic E-state index is 12.4. The molecule has 26 heavy (non-hydrogen) atoms. The largest absolute Gasteiger partial charge is 0.477 e. The molecule has 2 aromatic rings. The van der Waals surface area contributed by atoms with Gasteiger partial charge < -0.3 is 14.7 Å². The van der Waals surface area contributed by atoms with E-state index >= 15 is 0 Å². The summed E-state index contributed by atoms with van der Waals surface area (Å²) in [6.45, 7) is -0.615. The van der Waals surface area contributed by atoms with Gasteiger partial charge in [0.15, 0.2) is 12.3 Å². The van der Waals surface area contributed by atoms with Crippen LogP contribution in [-0.4, -0.2) is 44.9 Å². The van der Waals surface area contributed by atoms with Crippen molar-refractivity contribution in [1.29, 1.82) is 0 Å². The van der Waals surface area contributed by atoms with Gasteiger partial charge in [0.05, 0.1) is 0 Å². The van der Waals surface area contributed by atoms with Crippen molar-refractivity contribution in [2.75, 3.05) is 6.61 Å². The topological polar surface area (TPSA) is 92.6 Å². The van der Waals surface area contributed by atoms with Crippen LogP contribution in [0.4, 0.5) is 8.78 Å². The monoisotopic (exact) mass is 383 g/mol. The molecule has 0 aliphatic carbocycles. The highest BCUT2D eigenvalue weighted by molar-refractivity contribution is 6.31. The van der Waals surface area contributed by atoms with E-state index in [0.29, 0.717) is 11.1 Å². The van der Waals surface area contributed by atoms with Gasteiger partial charge in [-0.3, -0.25) is 4.79 Å². The van der Waals surface area contributed by atoms with Crippen molar-refractivity contribution in [2.45, 2.75) is 19.5 Å². The highest BCUT2D eigenvalue weighted by atomic mass is 35.5. The fraction of sp³-hybridized carbons (Fsp3) is 0.250. The second-order valence-corrected chi connectivity index (χ2v) is 5.89. The van der Waals surface area contributed by atoms with Crippen LogP contribution < -0.4 is 4.74 Å². The third kappa shape index (κ3) is 3.57. The van der Waals surface area contributed by atoms with Crippen LogP contribution >= 0.6 is 11.6 Å². The summed E-state index contributed by atoms with van der Waals surface area (Å²) in [7, 11) is 0. The van der Waals surface area contributed by atoms with E-state index in [9.17, 15) is 23.5 Å². The van der Waals surface area contributed by atoms with E-state index < -0.39 is 19.0 Å². The molecule has 0 radical (unpaired) electrons. The zero-order chi connectivity index (χ0) is 18.8. The Kier molecular flexibility index (Phi) is 4.99. The number of amides is 1. The molecule has 3 rings (SSSR count). The van der Waals surface area contributed by atoms with Crippen molar-refractivity contribution >= 4 is 23.5 Å². The molecule has 0 fully saturated rings. The van der Waals surface area contributed by atoms with Crippen LogP contribution in [0.5, 0.6) is 5.88 Å². The number of rotatable bonds is 6. The van der Waals surface area contributed by atoms with Gasteiger partial charge in [0, 0.05) is 36.6 Å². The summed E-state index contributed by atoms with van der Waals surface area (Å²) in [4.78, 5) is 32.8. The fourth-order valence-corrected chi connectivity index (χ4v) is 2.86. The van der Waals surface area contributed by atoms with Crippen LogP contribution in [0.15, 0.2) is 24.5 Å². The lowest BCUT2D eigenvalue weighted by Gasteiger charge is -2.16. The van der Waals surface area contributed by atoms with Crippen molar-refractivity contribution in [3.8, 4) is 5.88 Å². The second kappa shape index (κ2) is 7.20. The van der Waals surface area contributed by atoms with E-state index in [0.717, 1.165) is 0 Å². The summed E-state index contributed by atoms with van der Waals surface area (Å²) in [5, 5.41) is 9.22. The Morgan fingerprint density at radius 2 is 2.19 bits per heavy atom. The molecular formula is C16H12ClF2N3O4. The van der Waals surface area contributed by atoms with Crippen molar-refractivity contribution in [1.82, 2.24) is 14.9 Å². The molecule has 0 spiro atoms. The summed E-state index contributed by atoms with van der Waals surface area (Å²) in [6.07, 6.45) is -0.0124. The van der Waals surface area contributed by atoms with Gasteiger partial charge in [-0.05, 0) is 17.7 Å². The molecule has 0 unspecified atom stereocenters. The van der Waals surface area contributed by atoms with Crippen molar-refractivity contribution in [2.24, 2.45) is 0 Å². The highest BCUT2D eigenvalue weighted by Gasteiger charge is 2.31. The van der Waals surface area contributed by atoms with Crippen molar-refractivity contribution < 1.29 is 28.2 Å². The SMILES string of the molecule is O=C(O)c1nccc2c1CN(Cc1cnc(OCC(F)F)c(Cl)c1)C2=O. The lowest BCUT2D eigenvalue weighted by atomic mass is 10.1. The molecule has 1 amide bonds. The van der Waals surface area contributed by atoms with Crippen LogP contribution in [0, 0.1) is 0 Å². The lowest BCUT2D eigenvalue weighted by Crippen LogP contribution is -2.23. The standard InChI is InChI=1S/C16H12ClF2N3O4/c17-11-3-8(4-21-14(11)26-7-12(18)19)5-22-6-10-9(15(22)23)1-2-20-13(10)16(24)25/h1-4,12H,5-7H2,(H,24,25). The quantitative estimate of drug-likeness (QED) is 0.824. The van der Waals surface area contributed by atoms with E-state index in [1.165, 1.54) is 29.4 Å². The number of aromatic carboxylic acids is 1. The van der Waals surface area contributed by atoms with Gasteiger partial charge >= 0.3 is 5.97 Å². The van der Waals surface area contributed by atoms with Crippen LogP contribution in [0.3, 0.4) is 0 Å². The first-order chi connectivity index (χ1) is 12.4. The third-order valence-electron chi connectivity index (χ3n) is 3.71. The normalized spacial score (nSPS) is 13.2.